The van der Waals surface area contributed by atoms with Crippen LogP contribution in [0.1, 0.15) is 35.2 Å². The number of hydrogen-bond donors (Lipinski definition) is 1. The zero-order chi connectivity index (χ0) is 16.1. The van der Waals surface area contributed by atoms with Crippen molar-refractivity contribution in [3.63, 3.8) is 0 Å². The van der Waals surface area contributed by atoms with Crippen LogP contribution in [0.2, 0.25) is 5.02 Å². The van der Waals surface area contributed by atoms with E-state index in [-0.39, 0.29) is 25.0 Å². The van der Waals surface area contributed by atoms with Crippen LogP contribution < -0.4 is 0 Å². The Hall–Kier alpha value is -1.59. The normalized spacial score (nSPS) is 17.5. The maximum Gasteiger partial charge on any atom is 0.305 e. The van der Waals surface area contributed by atoms with Crippen LogP contribution >= 0.6 is 11.6 Å². The molecule has 0 spiro atoms. The summed E-state index contributed by atoms with van der Waals surface area (Å²) >= 11 is 6.15. The molecule has 0 aliphatic carbocycles. The van der Waals surface area contributed by atoms with Gasteiger partial charge in [-0.2, -0.15) is 0 Å². The van der Waals surface area contributed by atoms with Crippen molar-refractivity contribution in [2.24, 2.45) is 0 Å². The van der Waals surface area contributed by atoms with Crippen molar-refractivity contribution in [1.82, 2.24) is 4.90 Å². The number of halogens is 1. The molecule has 1 aromatic rings. The molecule has 0 saturated carbocycles. The molecule has 1 atom stereocenters. The molecule has 1 saturated heterocycles. The van der Waals surface area contributed by atoms with Gasteiger partial charge in [-0.1, -0.05) is 17.7 Å². The Labute approximate surface area is 134 Å². The molecule has 120 valence electrons. The molecule has 1 aromatic carbocycles. The molecule has 0 aromatic heterocycles. The lowest BCUT2D eigenvalue weighted by atomic mass is 10.1. The number of ether oxygens (including phenoxy) is 1. The molecule has 1 heterocycles. The topological polar surface area (TPSA) is 66.8 Å². The van der Waals surface area contributed by atoms with Crippen molar-refractivity contribution in [2.75, 3.05) is 19.7 Å². The smallest absolute Gasteiger partial charge is 0.305 e. The first-order valence-corrected chi connectivity index (χ1v) is 7.74. The molecule has 1 aliphatic heterocycles. The Balaban J connectivity index is 2.14. The highest BCUT2D eigenvalue weighted by molar-refractivity contribution is 6.33. The van der Waals surface area contributed by atoms with Crippen molar-refractivity contribution in [3.8, 4) is 0 Å². The lowest BCUT2D eigenvalue weighted by Gasteiger charge is -2.25. The van der Waals surface area contributed by atoms with Crippen LogP contribution in [0.25, 0.3) is 0 Å². The minimum absolute atomic E-state index is 0.0260. The number of carboxylic acids is 1. The molecule has 5 nitrogen and oxygen atoms in total. The van der Waals surface area contributed by atoms with Crippen molar-refractivity contribution in [3.05, 3.63) is 34.3 Å². The summed E-state index contributed by atoms with van der Waals surface area (Å²) in [7, 11) is 0. The maximum absolute atomic E-state index is 12.7. The van der Waals surface area contributed by atoms with Gasteiger partial charge in [-0.25, -0.2) is 0 Å². The van der Waals surface area contributed by atoms with Gasteiger partial charge in [-0.05, 0) is 37.5 Å². The second-order valence-electron chi connectivity index (χ2n) is 5.51. The van der Waals surface area contributed by atoms with Crippen LogP contribution in [0.3, 0.4) is 0 Å². The van der Waals surface area contributed by atoms with Gasteiger partial charge >= 0.3 is 5.97 Å². The van der Waals surface area contributed by atoms with Crippen molar-refractivity contribution >= 4 is 23.5 Å². The van der Waals surface area contributed by atoms with E-state index < -0.39 is 5.97 Å². The number of hydrogen-bond acceptors (Lipinski definition) is 3. The number of carboxylic acid groups (broad SMARTS) is 1. The predicted octanol–water partition coefficient (Wildman–Crippen LogP) is 2.74. The number of aliphatic carboxylic acids is 1. The average molecular weight is 326 g/mol. The SMILES string of the molecule is Cc1ccc(C(=O)N(CCC(=O)O)CC2CCCO2)c(Cl)c1. The third-order valence-corrected chi connectivity index (χ3v) is 4.00. The highest BCUT2D eigenvalue weighted by atomic mass is 35.5. The van der Waals surface area contributed by atoms with Crippen LogP contribution in [0.4, 0.5) is 0 Å². The van der Waals surface area contributed by atoms with Crippen molar-refractivity contribution < 1.29 is 19.4 Å². The summed E-state index contributed by atoms with van der Waals surface area (Å²) < 4.78 is 5.55. The number of rotatable bonds is 6. The quantitative estimate of drug-likeness (QED) is 0.873. The Morgan fingerprint density at radius 3 is 2.82 bits per heavy atom. The molecule has 1 N–H and O–H groups in total. The minimum atomic E-state index is -0.930. The second kappa shape index (κ2) is 7.61. The number of benzene rings is 1. The van der Waals surface area contributed by atoms with Gasteiger partial charge < -0.3 is 14.7 Å². The molecular weight excluding hydrogens is 306 g/mol. The largest absolute Gasteiger partial charge is 0.481 e. The van der Waals surface area contributed by atoms with Gasteiger partial charge in [0.05, 0.1) is 23.1 Å². The van der Waals surface area contributed by atoms with Crippen LogP contribution in [0.5, 0.6) is 0 Å². The molecule has 0 radical (unpaired) electrons. The van der Waals surface area contributed by atoms with E-state index in [1.54, 1.807) is 12.1 Å². The van der Waals surface area contributed by atoms with Crippen LogP contribution in [0.15, 0.2) is 18.2 Å². The van der Waals surface area contributed by atoms with E-state index in [0.717, 1.165) is 18.4 Å². The molecule has 6 heteroatoms. The predicted molar refractivity (Wildman–Crippen MR) is 83.3 cm³/mol. The summed E-state index contributed by atoms with van der Waals surface area (Å²) in [5.41, 5.74) is 1.37. The van der Waals surface area contributed by atoms with Gasteiger partial charge in [-0.3, -0.25) is 9.59 Å². The summed E-state index contributed by atoms with van der Waals surface area (Å²) in [5, 5.41) is 9.26. The number of aryl methyl sites for hydroxylation is 1. The van der Waals surface area contributed by atoms with Crippen LogP contribution in [0, 0.1) is 6.92 Å². The Kier molecular flexibility index (Phi) is 5.80. The van der Waals surface area contributed by atoms with Crippen molar-refractivity contribution in [1.29, 1.82) is 0 Å². The van der Waals surface area contributed by atoms with E-state index in [1.165, 1.54) is 4.90 Å². The first-order valence-electron chi connectivity index (χ1n) is 7.36. The van der Waals surface area contributed by atoms with E-state index in [4.69, 9.17) is 21.4 Å². The van der Waals surface area contributed by atoms with E-state index in [2.05, 4.69) is 0 Å². The van der Waals surface area contributed by atoms with E-state index in [1.807, 2.05) is 13.0 Å². The van der Waals surface area contributed by atoms with Crippen LogP contribution in [-0.4, -0.2) is 47.7 Å². The summed E-state index contributed by atoms with van der Waals surface area (Å²) in [5.74, 6) is -1.18. The Bertz CT molecular complexity index is 555. The molecule has 1 amide bonds. The van der Waals surface area contributed by atoms with E-state index in [9.17, 15) is 9.59 Å². The molecule has 1 aliphatic rings. The zero-order valence-corrected chi connectivity index (χ0v) is 13.3. The fourth-order valence-electron chi connectivity index (χ4n) is 2.50. The third kappa shape index (κ3) is 4.45. The fourth-order valence-corrected chi connectivity index (χ4v) is 2.82. The molecule has 1 unspecified atom stereocenters. The third-order valence-electron chi connectivity index (χ3n) is 3.69. The number of carbonyl (C=O) groups is 2. The number of nitrogens with zero attached hydrogens (tertiary/aromatic N) is 1. The van der Waals surface area contributed by atoms with Crippen LogP contribution in [-0.2, 0) is 9.53 Å². The second-order valence-corrected chi connectivity index (χ2v) is 5.92. The lowest BCUT2D eigenvalue weighted by molar-refractivity contribution is -0.137. The minimum Gasteiger partial charge on any atom is -0.481 e. The van der Waals surface area contributed by atoms with Gasteiger partial charge in [0.1, 0.15) is 0 Å². The van der Waals surface area contributed by atoms with E-state index >= 15 is 0 Å². The number of carbonyl (C=O) groups excluding carboxylic acids is 1. The maximum atomic E-state index is 12.7. The van der Waals surface area contributed by atoms with E-state index in [0.29, 0.717) is 23.7 Å². The number of amides is 1. The Morgan fingerprint density at radius 1 is 1.45 bits per heavy atom. The highest BCUT2D eigenvalue weighted by Gasteiger charge is 2.25. The van der Waals surface area contributed by atoms with Gasteiger partial charge in [0.25, 0.3) is 5.91 Å². The average Bonchev–Trinajstić information content (AvgIpc) is 2.95. The molecule has 2 rings (SSSR count). The van der Waals surface area contributed by atoms with Gasteiger partial charge in [0.2, 0.25) is 0 Å². The first kappa shape index (κ1) is 16.8. The van der Waals surface area contributed by atoms with Crippen molar-refractivity contribution in [2.45, 2.75) is 32.3 Å². The fraction of sp³-hybridized carbons (Fsp3) is 0.500. The monoisotopic (exact) mass is 325 g/mol. The van der Waals surface area contributed by atoms with Gasteiger partial charge in [-0.15, -0.1) is 0 Å². The van der Waals surface area contributed by atoms with Gasteiger partial charge in [0.15, 0.2) is 0 Å². The molecule has 1 fully saturated rings. The zero-order valence-electron chi connectivity index (χ0n) is 12.5. The molecule has 22 heavy (non-hydrogen) atoms. The first-order chi connectivity index (χ1) is 10.5. The molecular formula is C16H20ClNO4. The Morgan fingerprint density at radius 2 is 2.23 bits per heavy atom. The van der Waals surface area contributed by atoms with Gasteiger partial charge in [0, 0.05) is 19.7 Å². The highest BCUT2D eigenvalue weighted by Crippen LogP contribution is 2.21. The summed E-state index contributed by atoms with van der Waals surface area (Å²) in [6.07, 6.45) is 1.74. The summed E-state index contributed by atoms with van der Waals surface area (Å²) in [6, 6.07) is 5.24. The summed E-state index contributed by atoms with van der Waals surface area (Å²) in [6.45, 7) is 3.14. The summed E-state index contributed by atoms with van der Waals surface area (Å²) in [4.78, 5) is 25.0. The standard InChI is InChI=1S/C16H20ClNO4/c1-11-4-5-13(14(17)9-11)16(21)18(7-6-15(19)20)10-12-3-2-8-22-12/h4-5,9,12H,2-3,6-8,10H2,1H3,(H,19,20). The lowest BCUT2D eigenvalue weighted by Crippen LogP contribution is -2.39. The molecule has 0 bridgehead atoms.